The molecule has 35 heavy (non-hydrogen) atoms. The lowest BCUT2D eigenvalue weighted by atomic mass is 9.77. The lowest BCUT2D eigenvalue weighted by Gasteiger charge is -2.38. The predicted molar refractivity (Wildman–Crippen MR) is 132 cm³/mol. The Hall–Kier alpha value is -3.58. The molecule has 1 aromatic carbocycles. The standard InChI is InChI=1S/C26H30N7O2/c1-33-24(28)14-23(19-8-10-26(18-27,11-9-19)35-13-12-34-2)31-25(33)22(16-30-33)20-15-29-32(17-20)21-6-4-3-5-7-21/h3-7,14-17,19,28,31H,8-13H2,1-2H3/q+1. The number of quaternary nitrogens is 1. The molecule has 1 saturated carbocycles. The van der Waals surface area contributed by atoms with E-state index in [1.54, 1.807) is 7.11 Å². The topological polar surface area (TPSA) is 108 Å². The van der Waals surface area contributed by atoms with Gasteiger partial charge < -0.3 is 14.8 Å². The van der Waals surface area contributed by atoms with Gasteiger partial charge in [0.25, 0.3) is 5.84 Å². The molecule has 0 bridgehead atoms. The van der Waals surface area contributed by atoms with Crippen LogP contribution in [0.25, 0.3) is 11.3 Å². The quantitative estimate of drug-likeness (QED) is 0.473. The second-order valence-corrected chi connectivity index (χ2v) is 9.31. The zero-order chi connectivity index (χ0) is 24.5. The number of para-hydroxylation sites is 1. The fourth-order valence-corrected chi connectivity index (χ4v) is 4.95. The average molecular weight is 473 g/mol. The van der Waals surface area contributed by atoms with Gasteiger partial charge >= 0.3 is 0 Å². The first-order valence-electron chi connectivity index (χ1n) is 11.9. The summed E-state index contributed by atoms with van der Waals surface area (Å²) in [6, 6.07) is 12.4. The third kappa shape index (κ3) is 4.21. The van der Waals surface area contributed by atoms with E-state index in [0.717, 1.165) is 41.2 Å². The number of aromatic nitrogens is 2. The maximum absolute atomic E-state index is 9.77. The second-order valence-electron chi connectivity index (χ2n) is 9.31. The highest BCUT2D eigenvalue weighted by Crippen LogP contribution is 2.40. The molecular weight excluding hydrogens is 442 g/mol. The molecule has 1 fully saturated rings. The Balaban J connectivity index is 1.37. The first kappa shape index (κ1) is 23.2. The van der Waals surface area contributed by atoms with E-state index in [2.05, 4.69) is 21.6 Å². The van der Waals surface area contributed by atoms with Gasteiger partial charge in [-0.15, -0.1) is 4.59 Å². The van der Waals surface area contributed by atoms with Crippen LogP contribution in [0.5, 0.6) is 0 Å². The van der Waals surface area contributed by atoms with E-state index >= 15 is 0 Å². The van der Waals surface area contributed by atoms with Gasteiger partial charge in [0, 0.05) is 30.6 Å². The van der Waals surface area contributed by atoms with E-state index in [1.165, 1.54) is 0 Å². The fraction of sp³-hybridized carbons (Fsp3) is 0.385. The molecule has 2 N–H and O–H groups in total. The molecule has 3 aliphatic rings. The van der Waals surface area contributed by atoms with E-state index in [4.69, 9.17) is 14.9 Å². The Bertz CT molecular complexity index is 1250. The highest BCUT2D eigenvalue weighted by molar-refractivity contribution is 6.12. The van der Waals surface area contributed by atoms with E-state index in [1.807, 2.05) is 66.7 Å². The van der Waals surface area contributed by atoms with Crippen LogP contribution in [0, 0.1) is 22.7 Å². The number of allylic oxidation sites excluding steroid dienone is 2. The Morgan fingerprint density at radius 2 is 2.03 bits per heavy atom. The van der Waals surface area contributed by atoms with Gasteiger partial charge in [0.1, 0.15) is 7.05 Å². The third-order valence-corrected chi connectivity index (χ3v) is 7.15. The van der Waals surface area contributed by atoms with Crippen LogP contribution in [0.15, 0.2) is 65.4 Å². The number of ether oxygens (including phenoxy) is 2. The van der Waals surface area contributed by atoms with Gasteiger partial charge in [0.15, 0.2) is 5.60 Å². The van der Waals surface area contributed by atoms with Crippen LogP contribution < -0.4 is 5.32 Å². The highest BCUT2D eigenvalue weighted by Gasteiger charge is 2.46. The van der Waals surface area contributed by atoms with Gasteiger partial charge in [-0.25, -0.2) is 10.1 Å². The molecule has 5 rings (SSSR count). The van der Waals surface area contributed by atoms with Crippen molar-refractivity contribution in [2.45, 2.75) is 31.3 Å². The average Bonchev–Trinajstić information content (AvgIpc) is 3.51. The van der Waals surface area contributed by atoms with E-state index in [-0.39, 0.29) is 10.5 Å². The minimum absolute atomic E-state index is 0.0460. The number of benzene rings is 1. The van der Waals surface area contributed by atoms with Gasteiger partial charge in [-0.1, -0.05) is 23.3 Å². The van der Waals surface area contributed by atoms with Crippen LogP contribution >= 0.6 is 0 Å². The molecule has 0 saturated heterocycles. The van der Waals surface area contributed by atoms with Crippen molar-refractivity contribution in [1.82, 2.24) is 15.1 Å². The molecule has 1 aromatic heterocycles. The summed E-state index contributed by atoms with van der Waals surface area (Å²) in [5, 5.41) is 31.4. The van der Waals surface area contributed by atoms with Crippen molar-refractivity contribution in [2.75, 3.05) is 27.4 Å². The van der Waals surface area contributed by atoms with Crippen LogP contribution in [0.2, 0.25) is 0 Å². The Morgan fingerprint density at radius 1 is 1.26 bits per heavy atom. The van der Waals surface area contributed by atoms with Crippen molar-refractivity contribution in [1.29, 1.82) is 10.7 Å². The fourth-order valence-electron chi connectivity index (χ4n) is 4.95. The lowest BCUT2D eigenvalue weighted by Crippen LogP contribution is -2.50. The van der Waals surface area contributed by atoms with Crippen LogP contribution in [0.1, 0.15) is 31.2 Å². The van der Waals surface area contributed by atoms with E-state index in [0.29, 0.717) is 31.9 Å². The first-order chi connectivity index (χ1) is 17.0. The zero-order valence-electron chi connectivity index (χ0n) is 20.1. The molecule has 2 aromatic rings. The minimum atomic E-state index is -0.755. The zero-order valence-corrected chi connectivity index (χ0v) is 20.1. The minimum Gasteiger partial charge on any atom is -0.382 e. The molecule has 1 aliphatic carbocycles. The number of hydrogen-bond acceptors (Lipinski definition) is 7. The third-order valence-electron chi connectivity index (χ3n) is 7.15. The van der Waals surface area contributed by atoms with Crippen LogP contribution in [-0.2, 0) is 9.47 Å². The molecule has 0 spiro atoms. The number of hydrogen-bond donors (Lipinski definition) is 2. The summed E-state index contributed by atoms with van der Waals surface area (Å²) in [5.74, 6) is 1.48. The maximum atomic E-state index is 9.77. The van der Waals surface area contributed by atoms with Crippen molar-refractivity contribution in [3.63, 3.8) is 0 Å². The van der Waals surface area contributed by atoms with Crippen molar-refractivity contribution in [3.05, 3.63) is 65.9 Å². The maximum Gasteiger partial charge on any atom is 0.254 e. The van der Waals surface area contributed by atoms with Gasteiger partial charge in [0.05, 0.1) is 43.0 Å². The summed E-state index contributed by atoms with van der Waals surface area (Å²) >= 11 is 0. The molecule has 1 atom stereocenters. The molecular formula is C26H30N7O2+. The van der Waals surface area contributed by atoms with Gasteiger partial charge in [-0.2, -0.15) is 10.4 Å². The number of rotatable bonds is 7. The van der Waals surface area contributed by atoms with Gasteiger partial charge in [-0.3, -0.25) is 0 Å². The van der Waals surface area contributed by atoms with Crippen molar-refractivity contribution in [3.8, 4) is 11.8 Å². The summed E-state index contributed by atoms with van der Waals surface area (Å²) in [6.45, 7) is 0.894. The Morgan fingerprint density at radius 3 is 2.74 bits per heavy atom. The normalized spacial score (nSPS) is 27.9. The highest BCUT2D eigenvalue weighted by atomic mass is 16.5. The summed E-state index contributed by atoms with van der Waals surface area (Å²) < 4.78 is 12.9. The molecule has 9 nitrogen and oxygen atoms in total. The molecule has 1 unspecified atom stereocenters. The van der Waals surface area contributed by atoms with Crippen LogP contribution in [0.3, 0.4) is 0 Å². The second kappa shape index (κ2) is 9.23. The smallest absolute Gasteiger partial charge is 0.254 e. The van der Waals surface area contributed by atoms with Gasteiger partial charge in [-0.05, 0) is 43.7 Å². The summed E-state index contributed by atoms with van der Waals surface area (Å²) in [5.41, 5.74) is 3.10. The number of likely N-dealkylation sites (N-methyl/N-ethyl adjacent to an activating group) is 1. The van der Waals surface area contributed by atoms with Crippen LogP contribution in [0.4, 0.5) is 0 Å². The van der Waals surface area contributed by atoms with E-state index in [9.17, 15) is 5.26 Å². The number of fused-ring (bicyclic) bond motifs is 1. The number of nitriles is 1. The SMILES string of the molecule is COCCOC1(C#N)CCC(C2=CC(=N)[N+]3(C)N=CC(c4cnn(-c5ccccc5)c4)=C3N2)CC1. The summed E-state index contributed by atoms with van der Waals surface area (Å²) in [4.78, 5) is 0. The van der Waals surface area contributed by atoms with Crippen LogP contribution in [-0.4, -0.2) is 59.4 Å². The van der Waals surface area contributed by atoms with Crippen molar-refractivity contribution >= 4 is 17.6 Å². The molecule has 9 heteroatoms. The molecule has 0 amide bonds. The number of nitrogens with zero attached hydrogens (tertiary/aromatic N) is 5. The lowest BCUT2D eigenvalue weighted by molar-refractivity contribution is -0.788. The summed E-state index contributed by atoms with van der Waals surface area (Å²) in [7, 11) is 3.54. The summed E-state index contributed by atoms with van der Waals surface area (Å²) in [6.07, 6.45) is 10.5. The largest absolute Gasteiger partial charge is 0.382 e. The van der Waals surface area contributed by atoms with Crippen molar-refractivity contribution < 1.29 is 14.1 Å². The predicted octanol–water partition coefficient (Wildman–Crippen LogP) is 3.57. The monoisotopic (exact) mass is 472 g/mol. The molecule has 0 radical (unpaired) electrons. The van der Waals surface area contributed by atoms with Gasteiger partial charge in [0.2, 0.25) is 5.82 Å². The molecule has 180 valence electrons. The first-order valence-corrected chi connectivity index (χ1v) is 11.9. The van der Waals surface area contributed by atoms with E-state index < -0.39 is 5.60 Å². The number of methoxy groups -OCH3 is 1. The Kier molecular flexibility index (Phi) is 6.11. The molecule has 3 heterocycles. The number of amidine groups is 1. The Labute approximate surface area is 205 Å². The number of nitrogens with one attached hydrogen (secondary N) is 2. The van der Waals surface area contributed by atoms with Crippen molar-refractivity contribution in [2.24, 2.45) is 11.0 Å². The molecule has 2 aliphatic heterocycles.